The minimum absolute atomic E-state index is 0.152. The second-order valence-corrected chi connectivity index (χ2v) is 9.18. The van der Waals surface area contributed by atoms with Crippen molar-refractivity contribution < 1.29 is 17.9 Å². The molecule has 2 aromatic rings. The van der Waals surface area contributed by atoms with E-state index in [1.165, 1.54) is 0 Å². The first-order valence-electron chi connectivity index (χ1n) is 9.71. The van der Waals surface area contributed by atoms with Gasteiger partial charge >= 0.3 is 0 Å². The van der Waals surface area contributed by atoms with E-state index in [4.69, 9.17) is 4.74 Å². The molecule has 0 aliphatic heterocycles. The van der Waals surface area contributed by atoms with Crippen LogP contribution in [0, 0.1) is 12.8 Å². The van der Waals surface area contributed by atoms with Crippen LogP contribution in [0.1, 0.15) is 31.4 Å². The van der Waals surface area contributed by atoms with E-state index in [2.05, 4.69) is 10.0 Å². The van der Waals surface area contributed by atoms with E-state index in [1.54, 1.807) is 31.4 Å². The Labute approximate surface area is 173 Å². The molecule has 0 radical (unpaired) electrons. The Hall–Kier alpha value is -2.38. The minimum atomic E-state index is -3.79. The molecule has 0 saturated heterocycles. The molecular weight excluding hydrogens is 388 g/mol. The van der Waals surface area contributed by atoms with Crippen molar-refractivity contribution in [1.29, 1.82) is 0 Å². The summed E-state index contributed by atoms with van der Waals surface area (Å²) < 4.78 is 33.3. The van der Waals surface area contributed by atoms with Crippen LogP contribution in [0.15, 0.2) is 53.4 Å². The van der Waals surface area contributed by atoms with E-state index < -0.39 is 16.1 Å². The topological polar surface area (TPSA) is 84.5 Å². The summed E-state index contributed by atoms with van der Waals surface area (Å²) in [5, 5.41) is 2.85. The second kappa shape index (κ2) is 10.4. The van der Waals surface area contributed by atoms with Gasteiger partial charge in [-0.05, 0) is 49.4 Å². The number of sulfonamides is 1. The van der Waals surface area contributed by atoms with Gasteiger partial charge in [0.15, 0.2) is 0 Å². The molecule has 0 saturated carbocycles. The fraction of sp³-hybridized carbons (Fsp3) is 0.409. The fourth-order valence-corrected chi connectivity index (χ4v) is 4.21. The number of para-hydroxylation sites is 1. The number of rotatable bonds is 10. The van der Waals surface area contributed by atoms with Gasteiger partial charge in [-0.2, -0.15) is 4.72 Å². The molecule has 0 fully saturated rings. The molecule has 29 heavy (non-hydrogen) atoms. The van der Waals surface area contributed by atoms with E-state index in [-0.39, 0.29) is 16.7 Å². The molecule has 158 valence electrons. The number of nitrogens with one attached hydrogen (secondary N) is 2. The zero-order valence-electron chi connectivity index (χ0n) is 17.4. The molecule has 0 spiro atoms. The van der Waals surface area contributed by atoms with Crippen LogP contribution in [0.25, 0.3) is 0 Å². The first-order valence-corrected chi connectivity index (χ1v) is 11.2. The van der Waals surface area contributed by atoms with Gasteiger partial charge in [-0.15, -0.1) is 0 Å². The van der Waals surface area contributed by atoms with Crippen LogP contribution in [0.5, 0.6) is 5.75 Å². The maximum Gasteiger partial charge on any atom is 0.241 e. The first-order chi connectivity index (χ1) is 13.7. The van der Waals surface area contributed by atoms with Crippen LogP contribution in [-0.2, 0) is 21.2 Å². The molecule has 0 aliphatic rings. The fourth-order valence-electron chi connectivity index (χ4n) is 3.01. The third-order valence-corrected chi connectivity index (χ3v) is 6.03. The molecule has 1 amide bonds. The lowest BCUT2D eigenvalue weighted by molar-refractivity contribution is -0.123. The Balaban J connectivity index is 2.04. The Morgan fingerprint density at radius 1 is 1.07 bits per heavy atom. The highest BCUT2D eigenvalue weighted by atomic mass is 32.2. The number of hydrogen-bond donors (Lipinski definition) is 2. The molecule has 6 nitrogen and oxygen atoms in total. The third-order valence-electron chi connectivity index (χ3n) is 4.54. The maximum absolute atomic E-state index is 12.7. The number of carbonyl (C=O) groups excluding carboxylic acids is 1. The van der Waals surface area contributed by atoms with Crippen molar-refractivity contribution in [1.82, 2.24) is 10.0 Å². The summed E-state index contributed by atoms with van der Waals surface area (Å²) in [6.07, 6.45) is 1.00. The molecule has 0 aromatic heterocycles. The van der Waals surface area contributed by atoms with Gasteiger partial charge in [0.2, 0.25) is 15.9 Å². The molecule has 1 atom stereocenters. The van der Waals surface area contributed by atoms with Gasteiger partial charge in [0, 0.05) is 6.54 Å². The van der Waals surface area contributed by atoms with Gasteiger partial charge in [0.1, 0.15) is 11.8 Å². The second-order valence-electron chi connectivity index (χ2n) is 7.47. The van der Waals surface area contributed by atoms with Gasteiger partial charge in [-0.25, -0.2) is 8.42 Å². The van der Waals surface area contributed by atoms with E-state index in [0.717, 1.165) is 16.9 Å². The van der Waals surface area contributed by atoms with Gasteiger partial charge < -0.3 is 10.1 Å². The van der Waals surface area contributed by atoms with Gasteiger partial charge in [-0.3, -0.25) is 4.79 Å². The third kappa shape index (κ3) is 6.87. The van der Waals surface area contributed by atoms with E-state index in [9.17, 15) is 13.2 Å². The van der Waals surface area contributed by atoms with E-state index in [1.807, 2.05) is 45.0 Å². The van der Waals surface area contributed by atoms with Crippen LogP contribution in [-0.4, -0.2) is 34.0 Å². The van der Waals surface area contributed by atoms with Crippen molar-refractivity contribution in [3.63, 3.8) is 0 Å². The number of methoxy groups -OCH3 is 1. The molecule has 2 N–H and O–H groups in total. The Morgan fingerprint density at radius 3 is 2.34 bits per heavy atom. The van der Waals surface area contributed by atoms with Crippen LogP contribution in [0.4, 0.5) is 0 Å². The summed E-state index contributed by atoms with van der Waals surface area (Å²) in [5.74, 6) is 0.588. The summed E-state index contributed by atoms with van der Waals surface area (Å²) in [7, 11) is -2.18. The number of aryl methyl sites for hydroxylation is 1. The maximum atomic E-state index is 12.7. The summed E-state index contributed by atoms with van der Waals surface area (Å²) in [4.78, 5) is 12.9. The molecular formula is C22H30N2O4S. The van der Waals surface area contributed by atoms with Crippen molar-refractivity contribution in [2.75, 3.05) is 13.7 Å². The summed E-state index contributed by atoms with van der Waals surface area (Å²) in [6, 6.07) is 13.3. The van der Waals surface area contributed by atoms with E-state index >= 15 is 0 Å². The lowest BCUT2D eigenvalue weighted by Crippen LogP contribution is -2.47. The Kier molecular flexibility index (Phi) is 8.22. The monoisotopic (exact) mass is 418 g/mol. The predicted octanol–water partition coefficient (Wildman–Crippen LogP) is 3.06. The van der Waals surface area contributed by atoms with Crippen molar-refractivity contribution in [3.05, 3.63) is 59.7 Å². The zero-order chi connectivity index (χ0) is 21.4. The largest absolute Gasteiger partial charge is 0.496 e. The number of amides is 1. The highest BCUT2D eigenvalue weighted by Crippen LogP contribution is 2.17. The van der Waals surface area contributed by atoms with Crippen LogP contribution in [0.2, 0.25) is 0 Å². The Morgan fingerprint density at radius 2 is 1.72 bits per heavy atom. The van der Waals surface area contributed by atoms with Crippen LogP contribution < -0.4 is 14.8 Å². The summed E-state index contributed by atoms with van der Waals surface area (Å²) >= 11 is 0. The number of hydrogen-bond acceptors (Lipinski definition) is 4. The summed E-state index contributed by atoms with van der Waals surface area (Å²) in [6.45, 7) is 6.19. The minimum Gasteiger partial charge on any atom is -0.496 e. The molecule has 0 heterocycles. The molecule has 2 rings (SSSR count). The molecule has 2 aromatic carbocycles. The number of carbonyl (C=O) groups is 1. The lowest BCUT2D eigenvalue weighted by atomic mass is 10.0. The van der Waals surface area contributed by atoms with Gasteiger partial charge in [-0.1, -0.05) is 49.7 Å². The van der Waals surface area contributed by atoms with Crippen molar-refractivity contribution in [3.8, 4) is 5.75 Å². The molecule has 0 bridgehead atoms. The average Bonchev–Trinajstić information content (AvgIpc) is 2.67. The van der Waals surface area contributed by atoms with E-state index in [0.29, 0.717) is 19.4 Å². The SMILES string of the molecule is COc1ccccc1CCNC(=O)C(CC(C)C)NS(=O)(=O)c1ccc(C)cc1. The lowest BCUT2D eigenvalue weighted by Gasteiger charge is -2.20. The van der Waals surface area contributed by atoms with Crippen molar-refractivity contribution >= 4 is 15.9 Å². The van der Waals surface area contributed by atoms with Gasteiger partial charge in [0.25, 0.3) is 0 Å². The van der Waals surface area contributed by atoms with Crippen molar-refractivity contribution in [2.24, 2.45) is 5.92 Å². The highest BCUT2D eigenvalue weighted by Gasteiger charge is 2.26. The van der Waals surface area contributed by atoms with Crippen LogP contribution in [0.3, 0.4) is 0 Å². The zero-order valence-corrected chi connectivity index (χ0v) is 18.3. The Bertz CT molecular complexity index is 909. The number of benzene rings is 2. The molecule has 7 heteroatoms. The normalized spacial score (nSPS) is 12.6. The molecule has 1 unspecified atom stereocenters. The highest BCUT2D eigenvalue weighted by molar-refractivity contribution is 7.89. The average molecular weight is 419 g/mol. The van der Waals surface area contributed by atoms with Crippen LogP contribution >= 0.6 is 0 Å². The first kappa shape index (κ1) is 22.9. The van der Waals surface area contributed by atoms with Crippen molar-refractivity contribution in [2.45, 2.75) is 44.6 Å². The standard InChI is InChI=1S/C22H30N2O4S/c1-16(2)15-20(24-29(26,27)19-11-9-17(3)10-12-19)22(25)23-14-13-18-7-5-6-8-21(18)28-4/h5-12,16,20,24H,13-15H2,1-4H3,(H,23,25). The summed E-state index contributed by atoms with van der Waals surface area (Å²) in [5.41, 5.74) is 1.95. The number of ether oxygens (including phenoxy) is 1. The molecule has 0 aliphatic carbocycles. The predicted molar refractivity (Wildman–Crippen MR) is 114 cm³/mol. The quantitative estimate of drug-likeness (QED) is 0.621. The smallest absolute Gasteiger partial charge is 0.241 e. The van der Waals surface area contributed by atoms with Gasteiger partial charge in [0.05, 0.1) is 12.0 Å².